The second-order valence-corrected chi connectivity index (χ2v) is 2.19. The van der Waals surface area contributed by atoms with E-state index in [9.17, 15) is 0 Å². The molecule has 0 amide bonds. The number of nitrogens with zero attached hydrogens (tertiary/aromatic N) is 2. The highest BCUT2D eigenvalue weighted by atomic mass is 127. The predicted octanol–water partition coefficient (Wildman–Crippen LogP) is -3.56. The van der Waals surface area contributed by atoms with Crippen LogP contribution < -0.4 is 28.5 Å². The minimum atomic E-state index is 0. The summed E-state index contributed by atoms with van der Waals surface area (Å²) in [6, 6.07) is 0. The van der Waals surface area contributed by atoms with E-state index in [0.717, 1.165) is 5.69 Å². The maximum absolute atomic E-state index is 8.56. The van der Waals surface area contributed by atoms with Crippen LogP contribution in [0.2, 0.25) is 0 Å². The largest absolute Gasteiger partial charge is 1.00 e. The molecule has 0 radical (unpaired) electrons. The lowest BCUT2D eigenvalue weighted by Crippen LogP contribution is -3.00. The zero-order valence-electron chi connectivity index (χ0n) is 6.37. The minimum Gasteiger partial charge on any atom is -1.00 e. The van der Waals surface area contributed by atoms with Crippen LogP contribution in [0.1, 0.15) is 5.69 Å². The van der Waals surface area contributed by atoms with Gasteiger partial charge in [0.15, 0.2) is 12.4 Å². The molecule has 1 N–H and O–H groups in total. The van der Waals surface area contributed by atoms with Crippen molar-refractivity contribution in [3.05, 3.63) is 24.3 Å². The molecule has 0 unspecified atom stereocenters. The van der Waals surface area contributed by atoms with Crippen LogP contribution >= 0.6 is 0 Å². The second-order valence-electron chi connectivity index (χ2n) is 2.19. The van der Waals surface area contributed by atoms with Gasteiger partial charge in [-0.1, -0.05) is 0 Å². The fourth-order valence-corrected chi connectivity index (χ4v) is 0.789. The highest BCUT2D eigenvalue weighted by molar-refractivity contribution is 4.89. The zero-order chi connectivity index (χ0) is 7.40. The summed E-state index contributed by atoms with van der Waals surface area (Å²) < 4.78 is 1.91. The summed E-state index contributed by atoms with van der Waals surface area (Å²) in [6.45, 7) is 0.164. The molecule has 11 heavy (non-hydrogen) atoms. The fourth-order valence-electron chi connectivity index (χ4n) is 0.789. The van der Waals surface area contributed by atoms with Gasteiger partial charge in [0.25, 0.3) is 0 Å². The Bertz CT molecular complexity index is 217. The van der Waals surface area contributed by atoms with Crippen LogP contribution in [0.25, 0.3) is 0 Å². The molecule has 62 valence electrons. The van der Waals surface area contributed by atoms with Crippen molar-refractivity contribution in [2.75, 3.05) is 6.61 Å². The van der Waals surface area contributed by atoms with Gasteiger partial charge in [0.05, 0.1) is 6.20 Å². The number of halogens is 1. The molecule has 1 aromatic heterocycles. The summed E-state index contributed by atoms with van der Waals surface area (Å²) in [5.41, 5.74) is 0.924. The standard InChI is InChI=1S/C7H11N2O.HI/c1-9-4-3-8-7(6-9)2-5-10;/h3-4,6,10H,2,5H2,1H3;1H/q+1;/p-1. The molecule has 0 saturated carbocycles. The lowest BCUT2D eigenvalue weighted by molar-refractivity contribution is -0.672. The Kier molecular flexibility index (Phi) is 5.31. The zero-order valence-corrected chi connectivity index (χ0v) is 8.52. The van der Waals surface area contributed by atoms with Crippen molar-refractivity contribution in [2.24, 2.45) is 7.05 Å². The second kappa shape index (κ2) is 5.42. The van der Waals surface area contributed by atoms with E-state index in [1.165, 1.54) is 0 Å². The van der Waals surface area contributed by atoms with Crippen molar-refractivity contribution in [1.82, 2.24) is 4.98 Å². The monoisotopic (exact) mass is 266 g/mol. The molecule has 1 rings (SSSR count). The Morgan fingerprint density at radius 2 is 2.36 bits per heavy atom. The first-order chi connectivity index (χ1) is 4.83. The summed E-state index contributed by atoms with van der Waals surface area (Å²) in [7, 11) is 1.93. The van der Waals surface area contributed by atoms with E-state index in [1.54, 1.807) is 6.20 Å². The normalized spacial score (nSPS) is 8.91. The van der Waals surface area contributed by atoms with Gasteiger partial charge in [-0.05, 0) is 0 Å². The first-order valence-electron chi connectivity index (χ1n) is 3.24. The summed E-state index contributed by atoms with van der Waals surface area (Å²) in [6.07, 6.45) is 6.12. The molecule has 0 aliphatic carbocycles. The maximum Gasteiger partial charge on any atom is 0.190 e. The number of rotatable bonds is 2. The van der Waals surface area contributed by atoms with E-state index in [-0.39, 0.29) is 30.6 Å². The van der Waals surface area contributed by atoms with Gasteiger partial charge < -0.3 is 29.1 Å². The van der Waals surface area contributed by atoms with Crippen molar-refractivity contribution in [2.45, 2.75) is 6.42 Å². The molecule has 3 nitrogen and oxygen atoms in total. The van der Waals surface area contributed by atoms with Crippen molar-refractivity contribution in [3.63, 3.8) is 0 Å². The first-order valence-corrected chi connectivity index (χ1v) is 3.24. The number of aliphatic hydroxyl groups is 1. The number of aromatic nitrogens is 2. The Morgan fingerprint density at radius 1 is 1.64 bits per heavy atom. The Labute approximate surface area is 83.1 Å². The molecule has 0 spiro atoms. The smallest absolute Gasteiger partial charge is 0.190 e. The van der Waals surface area contributed by atoms with Crippen molar-refractivity contribution < 1.29 is 33.7 Å². The van der Waals surface area contributed by atoms with Crippen molar-refractivity contribution >= 4 is 0 Å². The SMILES string of the molecule is C[n+]1ccnc(CCO)c1.[I-]. The summed E-state index contributed by atoms with van der Waals surface area (Å²) in [5.74, 6) is 0. The Morgan fingerprint density at radius 3 is 2.91 bits per heavy atom. The van der Waals surface area contributed by atoms with Gasteiger partial charge in [-0.25, -0.2) is 9.55 Å². The molecule has 0 fully saturated rings. The predicted molar refractivity (Wildman–Crippen MR) is 36.2 cm³/mol. The summed E-state index contributed by atoms with van der Waals surface area (Å²) in [5, 5.41) is 8.56. The minimum absolute atomic E-state index is 0. The van der Waals surface area contributed by atoms with Crippen LogP contribution in [0.4, 0.5) is 0 Å². The van der Waals surface area contributed by atoms with E-state index >= 15 is 0 Å². The lowest BCUT2D eigenvalue weighted by atomic mass is 10.3. The van der Waals surface area contributed by atoms with Crippen LogP contribution in [0.15, 0.2) is 18.6 Å². The molecule has 0 aliphatic rings. The third kappa shape index (κ3) is 3.62. The van der Waals surface area contributed by atoms with Crippen LogP contribution in [-0.4, -0.2) is 16.7 Å². The van der Waals surface area contributed by atoms with Crippen LogP contribution in [0.5, 0.6) is 0 Å². The number of aryl methyl sites for hydroxylation is 1. The first kappa shape index (κ1) is 10.8. The quantitative estimate of drug-likeness (QED) is 0.444. The number of aliphatic hydroxyl groups excluding tert-OH is 1. The molecular formula is C7H11IN2O. The maximum atomic E-state index is 8.56. The van der Waals surface area contributed by atoms with Gasteiger partial charge in [-0.15, -0.1) is 0 Å². The molecule has 0 saturated heterocycles. The molecule has 0 aliphatic heterocycles. The van der Waals surface area contributed by atoms with Crippen LogP contribution in [0.3, 0.4) is 0 Å². The third-order valence-electron chi connectivity index (χ3n) is 1.26. The Hall–Kier alpha value is -0.230. The van der Waals surface area contributed by atoms with E-state index in [1.807, 2.05) is 24.0 Å². The molecule has 0 bridgehead atoms. The topological polar surface area (TPSA) is 37.0 Å². The van der Waals surface area contributed by atoms with Crippen molar-refractivity contribution in [1.29, 1.82) is 0 Å². The highest BCUT2D eigenvalue weighted by Crippen LogP contribution is 1.87. The molecule has 4 heteroatoms. The van der Waals surface area contributed by atoms with Crippen LogP contribution in [0, 0.1) is 0 Å². The molecule has 1 heterocycles. The highest BCUT2D eigenvalue weighted by Gasteiger charge is 1.96. The van der Waals surface area contributed by atoms with Gasteiger partial charge in [0, 0.05) is 13.0 Å². The van der Waals surface area contributed by atoms with E-state index in [4.69, 9.17) is 5.11 Å². The van der Waals surface area contributed by atoms with Gasteiger partial charge in [-0.3, -0.25) is 0 Å². The fraction of sp³-hybridized carbons (Fsp3) is 0.429. The number of hydrogen-bond acceptors (Lipinski definition) is 2. The third-order valence-corrected chi connectivity index (χ3v) is 1.26. The average molecular weight is 266 g/mol. The van der Waals surface area contributed by atoms with E-state index in [0.29, 0.717) is 6.42 Å². The van der Waals surface area contributed by atoms with E-state index in [2.05, 4.69) is 4.98 Å². The average Bonchev–Trinajstić information content (AvgIpc) is 1.88. The summed E-state index contributed by atoms with van der Waals surface area (Å²) >= 11 is 0. The van der Waals surface area contributed by atoms with Gasteiger partial charge in [-0.2, -0.15) is 0 Å². The van der Waals surface area contributed by atoms with Gasteiger partial charge in [0.1, 0.15) is 12.7 Å². The van der Waals surface area contributed by atoms with Gasteiger partial charge >= 0.3 is 0 Å². The molecule has 0 atom stereocenters. The number of hydrogen-bond donors (Lipinski definition) is 1. The molecule has 1 aromatic rings. The molecular weight excluding hydrogens is 255 g/mol. The molecule has 0 aromatic carbocycles. The lowest BCUT2D eigenvalue weighted by Gasteiger charge is -1.92. The van der Waals surface area contributed by atoms with Gasteiger partial charge in [0.2, 0.25) is 0 Å². The van der Waals surface area contributed by atoms with E-state index < -0.39 is 0 Å². The van der Waals surface area contributed by atoms with Crippen molar-refractivity contribution in [3.8, 4) is 0 Å². The summed E-state index contributed by atoms with van der Waals surface area (Å²) in [4.78, 5) is 4.05. The Balaban J connectivity index is 0.000001000. The van der Waals surface area contributed by atoms with Crippen LogP contribution in [-0.2, 0) is 13.5 Å².